The van der Waals surface area contributed by atoms with E-state index in [1.807, 2.05) is 17.0 Å². The van der Waals surface area contributed by atoms with Gasteiger partial charge in [0.1, 0.15) is 5.82 Å². The number of rotatable bonds is 2. The fourth-order valence-electron chi connectivity index (χ4n) is 2.89. The number of carbonyl (C=O) groups is 1. The Hall–Kier alpha value is -2.10. The minimum absolute atomic E-state index is 0.0611. The minimum atomic E-state index is -0.226. The molecular formula is C17H18FNO2. The van der Waals surface area contributed by atoms with E-state index < -0.39 is 0 Å². The minimum Gasteiger partial charge on any atom is -0.459 e. The van der Waals surface area contributed by atoms with E-state index in [4.69, 9.17) is 4.42 Å². The van der Waals surface area contributed by atoms with Crippen molar-refractivity contribution in [2.24, 2.45) is 0 Å². The smallest absolute Gasteiger partial charge is 0.289 e. The highest BCUT2D eigenvalue weighted by Gasteiger charge is 2.25. The van der Waals surface area contributed by atoms with E-state index in [0.29, 0.717) is 12.3 Å². The molecule has 1 aliphatic rings. The Morgan fingerprint density at radius 2 is 2.00 bits per heavy atom. The van der Waals surface area contributed by atoms with Gasteiger partial charge in [-0.25, -0.2) is 4.39 Å². The van der Waals surface area contributed by atoms with Crippen LogP contribution in [0.3, 0.4) is 0 Å². The van der Waals surface area contributed by atoms with Gasteiger partial charge in [0, 0.05) is 19.0 Å². The zero-order valence-corrected chi connectivity index (χ0v) is 11.8. The molecule has 3 nitrogen and oxygen atoms in total. The number of furan rings is 1. The van der Waals surface area contributed by atoms with Crippen molar-refractivity contribution in [1.29, 1.82) is 0 Å². The molecule has 0 spiro atoms. The number of nitrogens with zero attached hydrogens (tertiary/aromatic N) is 1. The van der Waals surface area contributed by atoms with E-state index in [2.05, 4.69) is 0 Å². The molecule has 1 atom stereocenters. The highest BCUT2D eigenvalue weighted by atomic mass is 19.1. The fourth-order valence-corrected chi connectivity index (χ4v) is 2.89. The van der Waals surface area contributed by atoms with Crippen LogP contribution in [0.5, 0.6) is 0 Å². The first kappa shape index (κ1) is 13.9. The van der Waals surface area contributed by atoms with Gasteiger partial charge in [-0.3, -0.25) is 4.79 Å². The van der Waals surface area contributed by atoms with Crippen LogP contribution in [-0.4, -0.2) is 23.9 Å². The third-order valence-electron chi connectivity index (χ3n) is 4.03. The Morgan fingerprint density at radius 3 is 2.71 bits per heavy atom. The van der Waals surface area contributed by atoms with Crippen LogP contribution in [0.2, 0.25) is 0 Å². The Morgan fingerprint density at radius 1 is 1.19 bits per heavy atom. The summed E-state index contributed by atoms with van der Waals surface area (Å²) < 4.78 is 18.3. The van der Waals surface area contributed by atoms with E-state index in [0.717, 1.165) is 31.4 Å². The van der Waals surface area contributed by atoms with Gasteiger partial charge in [-0.05, 0) is 42.7 Å². The second-order valence-electron chi connectivity index (χ2n) is 5.47. The van der Waals surface area contributed by atoms with Gasteiger partial charge in [0.2, 0.25) is 0 Å². The maximum absolute atomic E-state index is 13.0. The molecule has 0 radical (unpaired) electrons. The maximum atomic E-state index is 13.0. The summed E-state index contributed by atoms with van der Waals surface area (Å²) in [6, 6.07) is 10.0. The van der Waals surface area contributed by atoms with Crippen LogP contribution in [0.1, 0.15) is 41.3 Å². The number of hydrogen-bond acceptors (Lipinski definition) is 2. The SMILES string of the molecule is O=C(c1ccco1)N1CCCC[C@H](c2ccc(F)cc2)C1. The molecule has 21 heavy (non-hydrogen) atoms. The molecule has 0 unspecified atom stereocenters. The van der Waals surface area contributed by atoms with Gasteiger partial charge >= 0.3 is 0 Å². The Balaban J connectivity index is 1.77. The maximum Gasteiger partial charge on any atom is 0.289 e. The number of halogens is 1. The lowest BCUT2D eigenvalue weighted by Crippen LogP contribution is -2.33. The van der Waals surface area contributed by atoms with Crippen molar-refractivity contribution in [3.05, 3.63) is 59.8 Å². The van der Waals surface area contributed by atoms with Crippen LogP contribution < -0.4 is 0 Å². The Labute approximate surface area is 123 Å². The van der Waals surface area contributed by atoms with Crippen molar-refractivity contribution < 1.29 is 13.6 Å². The average molecular weight is 287 g/mol. The summed E-state index contributed by atoms with van der Waals surface area (Å²) in [5.41, 5.74) is 1.09. The van der Waals surface area contributed by atoms with E-state index >= 15 is 0 Å². The van der Waals surface area contributed by atoms with Crippen LogP contribution in [0.15, 0.2) is 47.1 Å². The first-order chi connectivity index (χ1) is 10.2. The molecule has 4 heteroatoms. The van der Waals surface area contributed by atoms with Crippen molar-refractivity contribution in [3.8, 4) is 0 Å². The van der Waals surface area contributed by atoms with Crippen LogP contribution in [0.4, 0.5) is 4.39 Å². The van der Waals surface area contributed by atoms with Gasteiger partial charge in [-0.1, -0.05) is 18.6 Å². The van der Waals surface area contributed by atoms with Crippen LogP contribution >= 0.6 is 0 Å². The number of benzene rings is 1. The number of amides is 1. The summed E-state index contributed by atoms with van der Waals surface area (Å²) in [5, 5.41) is 0. The molecule has 1 aromatic carbocycles. The van der Waals surface area contributed by atoms with E-state index in [9.17, 15) is 9.18 Å². The quantitative estimate of drug-likeness (QED) is 0.841. The molecule has 1 fully saturated rings. The molecule has 1 aromatic heterocycles. The van der Waals surface area contributed by atoms with Crippen molar-refractivity contribution in [3.63, 3.8) is 0 Å². The summed E-state index contributed by atoms with van der Waals surface area (Å²) >= 11 is 0. The third kappa shape index (κ3) is 3.15. The Bertz CT molecular complexity index is 592. The highest BCUT2D eigenvalue weighted by Crippen LogP contribution is 2.27. The van der Waals surface area contributed by atoms with Gasteiger partial charge < -0.3 is 9.32 Å². The first-order valence-electron chi connectivity index (χ1n) is 7.32. The van der Waals surface area contributed by atoms with Crippen molar-refractivity contribution in [2.45, 2.75) is 25.2 Å². The molecule has 0 aliphatic carbocycles. The van der Waals surface area contributed by atoms with Crippen LogP contribution in [-0.2, 0) is 0 Å². The van der Waals surface area contributed by atoms with Gasteiger partial charge in [0.05, 0.1) is 6.26 Å². The molecule has 3 rings (SSSR count). The summed E-state index contributed by atoms with van der Waals surface area (Å²) in [6.07, 6.45) is 4.60. The summed E-state index contributed by atoms with van der Waals surface area (Å²) in [7, 11) is 0. The van der Waals surface area contributed by atoms with Gasteiger partial charge in [0.25, 0.3) is 5.91 Å². The fraction of sp³-hybridized carbons (Fsp3) is 0.353. The number of likely N-dealkylation sites (tertiary alicyclic amines) is 1. The van der Waals surface area contributed by atoms with Gasteiger partial charge in [-0.2, -0.15) is 0 Å². The van der Waals surface area contributed by atoms with E-state index in [1.165, 1.54) is 18.4 Å². The molecule has 2 aromatic rings. The predicted octanol–water partition coefficient (Wildman–Crippen LogP) is 3.83. The normalized spacial score (nSPS) is 19.3. The molecule has 110 valence electrons. The largest absolute Gasteiger partial charge is 0.459 e. The lowest BCUT2D eigenvalue weighted by molar-refractivity contribution is 0.0722. The van der Waals surface area contributed by atoms with Crippen molar-refractivity contribution >= 4 is 5.91 Å². The van der Waals surface area contributed by atoms with Crippen LogP contribution in [0, 0.1) is 5.82 Å². The summed E-state index contributed by atoms with van der Waals surface area (Å²) in [6.45, 7) is 1.41. The Kier molecular flexibility index (Phi) is 4.04. The molecule has 2 heterocycles. The average Bonchev–Trinajstić information content (AvgIpc) is 2.92. The van der Waals surface area contributed by atoms with E-state index in [-0.39, 0.29) is 17.6 Å². The lowest BCUT2D eigenvalue weighted by Gasteiger charge is -2.24. The molecule has 0 N–H and O–H groups in total. The second kappa shape index (κ2) is 6.12. The zero-order chi connectivity index (χ0) is 14.7. The van der Waals surface area contributed by atoms with Crippen molar-refractivity contribution in [2.75, 3.05) is 13.1 Å². The van der Waals surface area contributed by atoms with Crippen LogP contribution in [0.25, 0.3) is 0 Å². The summed E-state index contributed by atoms with van der Waals surface area (Å²) in [5.74, 6) is 0.353. The molecule has 1 saturated heterocycles. The van der Waals surface area contributed by atoms with Gasteiger partial charge in [-0.15, -0.1) is 0 Å². The summed E-state index contributed by atoms with van der Waals surface area (Å²) in [4.78, 5) is 14.3. The van der Waals surface area contributed by atoms with Gasteiger partial charge in [0.15, 0.2) is 5.76 Å². The third-order valence-corrected chi connectivity index (χ3v) is 4.03. The standard InChI is InChI=1S/C17H18FNO2/c18-15-8-6-13(7-9-15)14-4-1-2-10-19(12-14)17(20)16-5-3-11-21-16/h3,5-9,11,14H,1-2,4,10,12H2/t14-/m0/s1. The molecule has 0 bridgehead atoms. The number of hydrogen-bond donors (Lipinski definition) is 0. The topological polar surface area (TPSA) is 33.5 Å². The monoisotopic (exact) mass is 287 g/mol. The molecular weight excluding hydrogens is 269 g/mol. The van der Waals surface area contributed by atoms with Crippen molar-refractivity contribution in [1.82, 2.24) is 4.90 Å². The first-order valence-corrected chi connectivity index (χ1v) is 7.32. The molecule has 1 amide bonds. The predicted molar refractivity (Wildman–Crippen MR) is 77.6 cm³/mol. The lowest BCUT2D eigenvalue weighted by atomic mass is 9.94. The second-order valence-corrected chi connectivity index (χ2v) is 5.47. The molecule has 0 saturated carbocycles. The van der Waals surface area contributed by atoms with E-state index in [1.54, 1.807) is 12.1 Å². The molecule has 1 aliphatic heterocycles. The number of carbonyl (C=O) groups excluding carboxylic acids is 1. The highest BCUT2D eigenvalue weighted by molar-refractivity contribution is 5.91. The zero-order valence-electron chi connectivity index (χ0n) is 11.8.